The summed E-state index contributed by atoms with van der Waals surface area (Å²) in [6, 6.07) is 5.17. The van der Waals surface area contributed by atoms with Crippen molar-refractivity contribution in [2.24, 2.45) is 5.73 Å². The average Bonchev–Trinajstić information content (AvgIpc) is 2.29. The standard InChI is InChI=1S/C12H17BrN2O2/c1-8-3-4-11(9(13)7-8)15-12(16)10(14)5-6-17-2/h3-4,7,10H,5-6,14H2,1-2H3,(H,15,16). The van der Waals surface area contributed by atoms with Crippen LogP contribution in [0, 0.1) is 6.92 Å². The largest absolute Gasteiger partial charge is 0.385 e. The highest BCUT2D eigenvalue weighted by Crippen LogP contribution is 2.23. The van der Waals surface area contributed by atoms with Gasteiger partial charge >= 0.3 is 0 Å². The normalized spacial score (nSPS) is 12.2. The van der Waals surface area contributed by atoms with Gasteiger partial charge in [-0.05, 0) is 47.0 Å². The van der Waals surface area contributed by atoms with Crippen molar-refractivity contribution in [2.75, 3.05) is 19.0 Å². The van der Waals surface area contributed by atoms with Gasteiger partial charge in [-0.2, -0.15) is 0 Å². The van der Waals surface area contributed by atoms with Gasteiger partial charge in [0.1, 0.15) is 0 Å². The molecule has 1 amide bonds. The Kier molecular flexibility index (Phi) is 5.61. The first-order valence-corrected chi connectivity index (χ1v) is 6.15. The SMILES string of the molecule is COCCC(N)C(=O)Nc1ccc(C)cc1Br. The Morgan fingerprint density at radius 1 is 1.59 bits per heavy atom. The van der Waals surface area contributed by atoms with Gasteiger partial charge in [-0.1, -0.05) is 6.07 Å². The van der Waals surface area contributed by atoms with E-state index in [0.717, 1.165) is 15.7 Å². The van der Waals surface area contributed by atoms with Crippen LogP contribution in [0.25, 0.3) is 0 Å². The molecule has 17 heavy (non-hydrogen) atoms. The van der Waals surface area contributed by atoms with Crippen molar-refractivity contribution in [3.63, 3.8) is 0 Å². The lowest BCUT2D eigenvalue weighted by atomic mass is 10.2. The van der Waals surface area contributed by atoms with Crippen molar-refractivity contribution in [2.45, 2.75) is 19.4 Å². The quantitative estimate of drug-likeness (QED) is 0.875. The minimum Gasteiger partial charge on any atom is -0.385 e. The molecule has 0 heterocycles. The van der Waals surface area contributed by atoms with Crippen molar-refractivity contribution in [3.8, 4) is 0 Å². The number of aryl methyl sites for hydroxylation is 1. The highest BCUT2D eigenvalue weighted by Gasteiger charge is 2.14. The number of carbonyl (C=O) groups is 1. The van der Waals surface area contributed by atoms with Crippen molar-refractivity contribution in [3.05, 3.63) is 28.2 Å². The predicted molar refractivity (Wildman–Crippen MR) is 72.0 cm³/mol. The fourth-order valence-electron chi connectivity index (χ4n) is 1.32. The van der Waals surface area contributed by atoms with Crippen LogP contribution < -0.4 is 11.1 Å². The smallest absolute Gasteiger partial charge is 0.241 e. The van der Waals surface area contributed by atoms with Gasteiger partial charge in [0.2, 0.25) is 5.91 Å². The summed E-state index contributed by atoms with van der Waals surface area (Å²) in [5.74, 6) is -0.202. The summed E-state index contributed by atoms with van der Waals surface area (Å²) < 4.78 is 5.73. The van der Waals surface area contributed by atoms with Crippen LogP contribution in [0.3, 0.4) is 0 Å². The van der Waals surface area contributed by atoms with Crippen LogP contribution in [0.4, 0.5) is 5.69 Å². The van der Waals surface area contributed by atoms with Gasteiger partial charge in [-0.25, -0.2) is 0 Å². The molecule has 0 fully saturated rings. The van der Waals surface area contributed by atoms with Crippen LogP contribution >= 0.6 is 15.9 Å². The predicted octanol–water partition coefficient (Wildman–Crippen LogP) is 2.06. The number of nitrogens with one attached hydrogen (secondary N) is 1. The number of rotatable bonds is 5. The monoisotopic (exact) mass is 300 g/mol. The summed E-state index contributed by atoms with van der Waals surface area (Å²) in [6.07, 6.45) is 0.506. The van der Waals surface area contributed by atoms with Crippen molar-refractivity contribution in [1.82, 2.24) is 0 Å². The third kappa shape index (κ3) is 4.46. The van der Waals surface area contributed by atoms with Crippen molar-refractivity contribution >= 4 is 27.5 Å². The third-order valence-electron chi connectivity index (χ3n) is 2.35. The first kappa shape index (κ1) is 14.2. The Hall–Kier alpha value is -0.910. The van der Waals surface area contributed by atoms with E-state index >= 15 is 0 Å². The maximum Gasteiger partial charge on any atom is 0.241 e. The molecule has 3 N–H and O–H groups in total. The van der Waals surface area contributed by atoms with E-state index < -0.39 is 6.04 Å². The number of hydrogen-bond donors (Lipinski definition) is 2. The fourth-order valence-corrected chi connectivity index (χ4v) is 1.92. The lowest BCUT2D eigenvalue weighted by molar-refractivity contribution is -0.117. The summed E-state index contributed by atoms with van der Waals surface area (Å²) in [4.78, 5) is 11.7. The summed E-state index contributed by atoms with van der Waals surface area (Å²) in [7, 11) is 1.58. The zero-order chi connectivity index (χ0) is 12.8. The molecule has 1 atom stereocenters. The van der Waals surface area contributed by atoms with Crippen molar-refractivity contribution in [1.29, 1.82) is 0 Å². The number of benzene rings is 1. The molecule has 1 aromatic carbocycles. The molecular formula is C12H17BrN2O2. The Bertz CT molecular complexity index is 396. The van der Waals surface area contributed by atoms with Gasteiger partial charge in [0.25, 0.3) is 0 Å². The van der Waals surface area contributed by atoms with Crippen LogP contribution in [-0.2, 0) is 9.53 Å². The lowest BCUT2D eigenvalue weighted by Gasteiger charge is -2.13. The van der Waals surface area contributed by atoms with Gasteiger partial charge in [0.15, 0.2) is 0 Å². The van der Waals surface area contributed by atoms with Crippen molar-refractivity contribution < 1.29 is 9.53 Å². The van der Waals surface area contributed by atoms with E-state index in [0.29, 0.717) is 13.0 Å². The van der Waals surface area contributed by atoms with Gasteiger partial charge in [0.05, 0.1) is 11.7 Å². The van der Waals surface area contributed by atoms with Crippen LogP contribution in [0.15, 0.2) is 22.7 Å². The molecule has 0 aliphatic heterocycles. The summed E-state index contributed by atoms with van der Waals surface area (Å²) in [6.45, 7) is 2.46. The number of amides is 1. The molecule has 0 radical (unpaired) electrons. The lowest BCUT2D eigenvalue weighted by Crippen LogP contribution is -2.36. The second kappa shape index (κ2) is 6.74. The number of hydrogen-bond acceptors (Lipinski definition) is 3. The van der Waals surface area contributed by atoms with E-state index in [1.165, 1.54) is 0 Å². The molecule has 5 heteroatoms. The second-order valence-electron chi connectivity index (χ2n) is 3.86. The molecular weight excluding hydrogens is 284 g/mol. The molecule has 94 valence electrons. The topological polar surface area (TPSA) is 64.3 Å². The molecule has 1 rings (SSSR count). The molecule has 0 bridgehead atoms. The number of nitrogens with two attached hydrogens (primary N) is 1. The van der Waals surface area contributed by atoms with E-state index in [9.17, 15) is 4.79 Å². The van der Waals surface area contributed by atoms with E-state index in [4.69, 9.17) is 10.5 Å². The summed E-state index contributed by atoms with van der Waals surface area (Å²) >= 11 is 3.40. The molecule has 0 saturated carbocycles. The van der Waals surface area contributed by atoms with E-state index in [2.05, 4.69) is 21.2 Å². The number of ether oxygens (including phenoxy) is 1. The Morgan fingerprint density at radius 3 is 2.88 bits per heavy atom. The molecule has 0 aliphatic rings. The van der Waals surface area contributed by atoms with Crippen LogP contribution in [0.5, 0.6) is 0 Å². The first-order valence-electron chi connectivity index (χ1n) is 5.36. The number of methoxy groups -OCH3 is 1. The van der Waals surface area contributed by atoms with E-state index in [1.807, 2.05) is 25.1 Å². The molecule has 0 saturated heterocycles. The molecule has 4 nitrogen and oxygen atoms in total. The average molecular weight is 301 g/mol. The highest BCUT2D eigenvalue weighted by atomic mass is 79.9. The van der Waals surface area contributed by atoms with Gasteiger partial charge in [0, 0.05) is 18.2 Å². The summed E-state index contributed by atoms with van der Waals surface area (Å²) in [5.41, 5.74) is 7.58. The maximum atomic E-state index is 11.7. The molecule has 1 aromatic rings. The van der Waals surface area contributed by atoms with Crippen LogP contribution in [-0.4, -0.2) is 25.7 Å². The molecule has 1 unspecified atom stereocenters. The number of anilines is 1. The Labute approximate surface area is 110 Å². The van der Waals surface area contributed by atoms with Gasteiger partial charge in [-0.15, -0.1) is 0 Å². The highest BCUT2D eigenvalue weighted by molar-refractivity contribution is 9.10. The Balaban J connectivity index is 2.61. The van der Waals surface area contributed by atoms with Crippen LogP contribution in [0.2, 0.25) is 0 Å². The first-order chi connectivity index (χ1) is 8.04. The minimum absolute atomic E-state index is 0.202. The second-order valence-corrected chi connectivity index (χ2v) is 4.71. The summed E-state index contributed by atoms with van der Waals surface area (Å²) in [5, 5.41) is 2.78. The zero-order valence-electron chi connectivity index (χ0n) is 10.00. The third-order valence-corrected chi connectivity index (χ3v) is 3.01. The zero-order valence-corrected chi connectivity index (χ0v) is 11.6. The number of halogens is 1. The number of carbonyl (C=O) groups excluding carboxylic acids is 1. The van der Waals surface area contributed by atoms with E-state index in [1.54, 1.807) is 7.11 Å². The minimum atomic E-state index is -0.553. The van der Waals surface area contributed by atoms with Gasteiger partial charge < -0.3 is 15.8 Å². The molecule has 0 aliphatic carbocycles. The van der Waals surface area contributed by atoms with Crippen LogP contribution in [0.1, 0.15) is 12.0 Å². The van der Waals surface area contributed by atoms with E-state index in [-0.39, 0.29) is 5.91 Å². The Morgan fingerprint density at radius 2 is 2.29 bits per heavy atom. The maximum absolute atomic E-state index is 11.7. The fraction of sp³-hybridized carbons (Fsp3) is 0.417. The van der Waals surface area contributed by atoms with Gasteiger partial charge in [-0.3, -0.25) is 4.79 Å². The molecule has 0 aromatic heterocycles. The molecule has 0 spiro atoms.